The van der Waals surface area contributed by atoms with E-state index in [1.54, 1.807) is 18.9 Å². The molecule has 3 rings (SSSR count). The minimum Gasteiger partial charge on any atom is -0.410 e. The second-order valence-electron chi connectivity index (χ2n) is 9.62. The van der Waals surface area contributed by atoms with Gasteiger partial charge in [-0.25, -0.2) is 4.79 Å². The quantitative estimate of drug-likeness (QED) is 0.692. The number of benzene rings is 1. The van der Waals surface area contributed by atoms with Crippen molar-refractivity contribution in [3.05, 3.63) is 29.3 Å². The van der Waals surface area contributed by atoms with Gasteiger partial charge in [-0.3, -0.25) is 0 Å². The summed E-state index contributed by atoms with van der Waals surface area (Å²) >= 11 is 0. The van der Waals surface area contributed by atoms with E-state index in [0.717, 1.165) is 45.1 Å². The van der Waals surface area contributed by atoms with Gasteiger partial charge in [0.2, 0.25) is 0 Å². The summed E-state index contributed by atoms with van der Waals surface area (Å²) in [5.74, 6) is 7.04. The maximum atomic E-state index is 12.5. The van der Waals surface area contributed by atoms with E-state index in [1.807, 2.05) is 20.2 Å². The number of hydrogen-bond acceptors (Lipinski definition) is 4. The number of carbonyl (C=O) groups is 1. The van der Waals surface area contributed by atoms with E-state index in [1.165, 1.54) is 11.1 Å². The van der Waals surface area contributed by atoms with Gasteiger partial charge < -0.3 is 19.6 Å². The lowest BCUT2D eigenvalue weighted by Gasteiger charge is -2.52. The number of amides is 1. The minimum atomic E-state index is -0.845. The molecule has 0 spiro atoms. The van der Waals surface area contributed by atoms with Crippen LogP contribution < -0.4 is 4.74 Å². The summed E-state index contributed by atoms with van der Waals surface area (Å²) in [5, 5.41) is 10.9. The van der Waals surface area contributed by atoms with Gasteiger partial charge in [-0.2, -0.15) is 0 Å². The molecule has 5 heteroatoms. The summed E-state index contributed by atoms with van der Waals surface area (Å²) in [4.78, 5) is 16.2. The maximum absolute atomic E-state index is 12.5. The minimum absolute atomic E-state index is 0.0841. The van der Waals surface area contributed by atoms with Crippen LogP contribution in [0.5, 0.6) is 5.75 Å². The van der Waals surface area contributed by atoms with E-state index in [2.05, 4.69) is 35.8 Å². The number of aryl methyl sites for hydroxylation is 1. The second kappa shape index (κ2) is 9.63. The summed E-state index contributed by atoms with van der Waals surface area (Å²) < 4.78 is 5.68. The van der Waals surface area contributed by atoms with Crippen LogP contribution in [0.15, 0.2) is 18.2 Å². The molecular weight excluding hydrogens is 388 g/mol. The molecule has 0 aliphatic heterocycles. The topological polar surface area (TPSA) is 53.0 Å². The third kappa shape index (κ3) is 5.07. The summed E-state index contributed by atoms with van der Waals surface area (Å²) in [6, 6.07) is 6.16. The van der Waals surface area contributed by atoms with Crippen molar-refractivity contribution in [3.63, 3.8) is 0 Å². The van der Waals surface area contributed by atoms with Gasteiger partial charge in [0.05, 0.1) is 0 Å². The fourth-order valence-electron chi connectivity index (χ4n) is 5.62. The highest BCUT2D eigenvalue weighted by atomic mass is 16.6. The molecule has 3 atom stereocenters. The molecule has 0 bridgehead atoms. The van der Waals surface area contributed by atoms with Crippen LogP contribution in [0.1, 0.15) is 63.5 Å². The molecule has 1 fully saturated rings. The Kier molecular flexibility index (Phi) is 7.34. The van der Waals surface area contributed by atoms with Gasteiger partial charge in [-0.1, -0.05) is 18.9 Å². The Hall–Kier alpha value is -2.03. The molecule has 170 valence electrons. The Morgan fingerprint density at radius 3 is 2.71 bits per heavy atom. The van der Waals surface area contributed by atoms with Gasteiger partial charge in [0, 0.05) is 13.6 Å². The Balaban J connectivity index is 1.73. The number of aliphatic hydroxyl groups is 1. The first-order chi connectivity index (χ1) is 14.7. The Morgan fingerprint density at radius 2 is 2.03 bits per heavy atom. The molecule has 0 radical (unpaired) electrons. The number of fused-ring (bicyclic) bond motifs is 3. The predicted octanol–water partition coefficient (Wildman–Crippen LogP) is 4.22. The Bertz CT molecular complexity index is 856. The molecule has 0 heterocycles. The highest BCUT2D eigenvalue weighted by Gasteiger charge is 2.50. The molecule has 31 heavy (non-hydrogen) atoms. The third-order valence-corrected chi connectivity index (χ3v) is 7.33. The monoisotopic (exact) mass is 426 g/mol. The van der Waals surface area contributed by atoms with Crippen molar-refractivity contribution in [2.24, 2.45) is 5.92 Å². The van der Waals surface area contributed by atoms with Crippen LogP contribution in [0.25, 0.3) is 0 Å². The average Bonchev–Trinajstić information content (AvgIpc) is 2.73. The standard InChI is InChI=1S/C26H38N2O3/c1-6-13-25(30)14-15-26(7-2)21(19-25)10-9-20-18-22(11-12-23(20)26)31-24(29)28(5)17-8-16-27(3)4/h11-12,18,21,30H,7-10,14-17,19H2,1-5H3/t21-,25-,26+/m1/s1. The van der Waals surface area contributed by atoms with Gasteiger partial charge in [0.15, 0.2) is 0 Å². The van der Waals surface area contributed by atoms with Crippen molar-refractivity contribution < 1.29 is 14.6 Å². The van der Waals surface area contributed by atoms with Gasteiger partial charge in [0.1, 0.15) is 11.4 Å². The van der Waals surface area contributed by atoms with Crippen LogP contribution in [0.2, 0.25) is 0 Å². The van der Waals surface area contributed by atoms with E-state index in [0.29, 0.717) is 24.6 Å². The lowest BCUT2D eigenvalue weighted by molar-refractivity contribution is -0.00925. The molecule has 1 aromatic rings. The average molecular weight is 427 g/mol. The van der Waals surface area contributed by atoms with Crippen LogP contribution in [0.3, 0.4) is 0 Å². The van der Waals surface area contributed by atoms with Crippen molar-refractivity contribution in [1.82, 2.24) is 9.80 Å². The zero-order valence-corrected chi connectivity index (χ0v) is 19.8. The first-order valence-electron chi connectivity index (χ1n) is 11.6. The SMILES string of the molecule is CC#C[C@@]1(O)CC[C@]2(CC)c3ccc(OC(=O)N(C)CCCN(C)C)cc3CC[C@@H]2C1. The first-order valence-corrected chi connectivity index (χ1v) is 11.6. The Morgan fingerprint density at radius 1 is 1.26 bits per heavy atom. The number of ether oxygens (including phenoxy) is 1. The molecule has 2 aliphatic rings. The van der Waals surface area contributed by atoms with Crippen LogP contribution in [-0.2, 0) is 11.8 Å². The van der Waals surface area contributed by atoms with Crippen LogP contribution in [-0.4, -0.2) is 60.8 Å². The van der Waals surface area contributed by atoms with Crippen LogP contribution >= 0.6 is 0 Å². The molecule has 0 aromatic heterocycles. The molecule has 5 nitrogen and oxygen atoms in total. The molecule has 1 N–H and O–H groups in total. The normalized spacial score (nSPS) is 27.0. The van der Waals surface area contributed by atoms with Gasteiger partial charge >= 0.3 is 6.09 Å². The molecule has 0 saturated heterocycles. The molecule has 2 aliphatic carbocycles. The summed E-state index contributed by atoms with van der Waals surface area (Å²) in [7, 11) is 5.85. The van der Waals surface area contributed by atoms with E-state index in [9.17, 15) is 9.90 Å². The third-order valence-electron chi connectivity index (χ3n) is 7.33. The van der Waals surface area contributed by atoms with E-state index in [4.69, 9.17) is 4.74 Å². The van der Waals surface area contributed by atoms with E-state index in [-0.39, 0.29) is 11.5 Å². The molecule has 1 amide bonds. The van der Waals surface area contributed by atoms with Crippen molar-refractivity contribution >= 4 is 6.09 Å². The summed E-state index contributed by atoms with van der Waals surface area (Å²) in [6.45, 7) is 5.68. The highest BCUT2D eigenvalue weighted by Crippen LogP contribution is 2.54. The summed E-state index contributed by atoms with van der Waals surface area (Å²) in [6.07, 6.45) is 6.05. The fourth-order valence-corrected chi connectivity index (χ4v) is 5.62. The molecular formula is C26H38N2O3. The lowest BCUT2D eigenvalue weighted by atomic mass is 9.53. The number of nitrogens with zero attached hydrogens (tertiary/aromatic N) is 2. The van der Waals surface area contributed by atoms with Crippen molar-refractivity contribution in [3.8, 4) is 17.6 Å². The highest BCUT2D eigenvalue weighted by molar-refractivity contribution is 5.70. The van der Waals surface area contributed by atoms with E-state index < -0.39 is 5.60 Å². The zero-order chi connectivity index (χ0) is 22.6. The molecule has 1 aromatic carbocycles. The Labute approximate surface area is 187 Å². The molecule has 1 saturated carbocycles. The first kappa shape index (κ1) is 23.6. The number of rotatable bonds is 6. The van der Waals surface area contributed by atoms with Gasteiger partial charge in [0.25, 0.3) is 0 Å². The van der Waals surface area contributed by atoms with Crippen molar-refractivity contribution in [2.45, 2.75) is 69.8 Å². The molecule has 0 unspecified atom stereocenters. The predicted molar refractivity (Wildman–Crippen MR) is 124 cm³/mol. The maximum Gasteiger partial charge on any atom is 0.414 e. The second-order valence-corrected chi connectivity index (χ2v) is 9.62. The zero-order valence-electron chi connectivity index (χ0n) is 19.8. The largest absolute Gasteiger partial charge is 0.414 e. The number of hydrogen-bond donors (Lipinski definition) is 1. The van der Waals surface area contributed by atoms with Crippen molar-refractivity contribution in [2.75, 3.05) is 34.2 Å². The number of carbonyl (C=O) groups excluding carboxylic acids is 1. The summed E-state index contributed by atoms with van der Waals surface area (Å²) in [5.41, 5.74) is 1.89. The lowest BCUT2D eigenvalue weighted by Crippen LogP contribution is -2.49. The van der Waals surface area contributed by atoms with Gasteiger partial charge in [-0.05, 0) is 107 Å². The fraction of sp³-hybridized carbons (Fsp3) is 0.654. The van der Waals surface area contributed by atoms with Crippen LogP contribution in [0, 0.1) is 17.8 Å². The smallest absolute Gasteiger partial charge is 0.410 e. The van der Waals surface area contributed by atoms with Gasteiger partial charge in [-0.15, -0.1) is 5.92 Å². The van der Waals surface area contributed by atoms with Crippen molar-refractivity contribution in [1.29, 1.82) is 0 Å². The van der Waals surface area contributed by atoms with Crippen LogP contribution in [0.4, 0.5) is 4.79 Å². The van der Waals surface area contributed by atoms with E-state index >= 15 is 0 Å².